The van der Waals surface area contributed by atoms with Crippen molar-refractivity contribution in [3.8, 4) is 5.75 Å². The fourth-order valence-electron chi connectivity index (χ4n) is 3.11. The highest BCUT2D eigenvalue weighted by atomic mass is 32.2. The molecule has 0 bridgehead atoms. The molecule has 7 heteroatoms. The summed E-state index contributed by atoms with van der Waals surface area (Å²) in [6.45, 7) is 6.00. The molecule has 0 aliphatic rings. The van der Waals surface area contributed by atoms with Gasteiger partial charge in [0.15, 0.2) is 0 Å². The Morgan fingerprint density at radius 1 is 0.875 bits per heavy atom. The Labute approximate surface area is 189 Å². The maximum absolute atomic E-state index is 13.3. The molecule has 0 aromatic heterocycles. The largest absolute Gasteiger partial charge is 0.492 e. The number of sulfonamides is 1. The number of hydrogen-bond acceptors (Lipinski definition) is 4. The molecule has 0 aliphatic heterocycles. The Hall–Kier alpha value is -3.32. The van der Waals surface area contributed by atoms with Gasteiger partial charge in [0.25, 0.3) is 10.0 Å². The van der Waals surface area contributed by atoms with E-state index in [2.05, 4.69) is 5.32 Å². The predicted molar refractivity (Wildman–Crippen MR) is 127 cm³/mol. The van der Waals surface area contributed by atoms with Gasteiger partial charge in [-0.1, -0.05) is 47.5 Å². The number of aryl methyl sites for hydroxylation is 3. The predicted octanol–water partition coefficient (Wildman–Crippen LogP) is 4.00. The van der Waals surface area contributed by atoms with Crippen LogP contribution in [0.15, 0.2) is 77.7 Å². The van der Waals surface area contributed by atoms with Gasteiger partial charge < -0.3 is 10.1 Å². The normalized spacial score (nSPS) is 11.1. The molecule has 0 saturated heterocycles. The zero-order chi connectivity index (χ0) is 23.1. The number of nitrogens with zero attached hydrogens (tertiary/aromatic N) is 1. The van der Waals surface area contributed by atoms with Gasteiger partial charge in [0.05, 0.1) is 17.1 Å². The molecule has 3 aromatic carbocycles. The van der Waals surface area contributed by atoms with E-state index in [-0.39, 0.29) is 24.6 Å². The van der Waals surface area contributed by atoms with E-state index in [9.17, 15) is 13.2 Å². The van der Waals surface area contributed by atoms with Gasteiger partial charge in [-0.25, -0.2) is 8.42 Å². The first-order valence-corrected chi connectivity index (χ1v) is 11.8. The second-order valence-corrected chi connectivity index (χ2v) is 9.54. The number of benzene rings is 3. The number of amides is 1. The molecule has 168 valence electrons. The second-order valence-electron chi connectivity index (χ2n) is 7.68. The van der Waals surface area contributed by atoms with Gasteiger partial charge in [0.2, 0.25) is 5.91 Å². The van der Waals surface area contributed by atoms with Crippen LogP contribution in [-0.2, 0) is 14.8 Å². The van der Waals surface area contributed by atoms with E-state index in [0.29, 0.717) is 5.69 Å². The molecule has 0 spiro atoms. The monoisotopic (exact) mass is 452 g/mol. The van der Waals surface area contributed by atoms with Crippen molar-refractivity contribution in [3.63, 3.8) is 0 Å². The van der Waals surface area contributed by atoms with E-state index >= 15 is 0 Å². The third kappa shape index (κ3) is 6.11. The van der Waals surface area contributed by atoms with Crippen molar-refractivity contribution < 1.29 is 17.9 Å². The van der Waals surface area contributed by atoms with Crippen molar-refractivity contribution in [2.75, 3.05) is 24.0 Å². The van der Waals surface area contributed by atoms with Crippen molar-refractivity contribution in [2.45, 2.75) is 25.7 Å². The van der Waals surface area contributed by atoms with Crippen LogP contribution in [0.5, 0.6) is 5.75 Å². The van der Waals surface area contributed by atoms with Gasteiger partial charge in [-0.3, -0.25) is 9.10 Å². The molecule has 1 N–H and O–H groups in total. The van der Waals surface area contributed by atoms with E-state index in [1.165, 1.54) is 0 Å². The Balaban J connectivity index is 1.70. The molecule has 0 saturated carbocycles. The van der Waals surface area contributed by atoms with Crippen LogP contribution in [0.1, 0.15) is 16.7 Å². The van der Waals surface area contributed by atoms with E-state index in [0.717, 1.165) is 26.7 Å². The molecule has 0 aliphatic carbocycles. The highest BCUT2D eigenvalue weighted by Gasteiger charge is 2.27. The van der Waals surface area contributed by atoms with Crippen LogP contribution in [0, 0.1) is 20.8 Å². The molecule has 1 amide bonds. The fourth-order valence-corrected chi connectivity index (χ4v) is 4.54. The van der Waals surface area contributed by atoms with Gasteiger partial charge in [0, 0.05) is 0 Å². The zero-order valence-electron chi connectivity index (χ0n) is 18.5. The van der Waals surface area contributed by atoms with Gasteiger partial charge >= 0.3 is 0 Å². The summed E-state index contributed by atoms with van der Waals surface area (Å²) in [5.74, 6) is 0.316. The van der Waals surface area contributed by atoms with E-state index in [4.69, 9.17) is 4.74 Å². The third-order valence-corrected chi connectivity index (χ3v) is 6.69. The summed E-state index contributed by atoms with van der Waals surface area (Å²) >= 11 is 0. The number of anilines is 1. The zero-order valence-corrected chi connectivity index (χ0v) is 19.4. The van der Waals surface area contributed by atoms with Crippen LogP contribution in [0.3, 0.4) is 0 Å². The van der Waals surface area contributed by atoms with Gasteiger partial charge in [0.1, 0.15) is 18.9 Å². The van der Waals surface area contributed by atoms with Crippen LogP contribution in [-0.4, -0.2) is 34.0 Å². The van der Waals surface area contributed by atoms with Crippen molar-refractivity contribution in [1.82, 2.24) is 5.32 Å². The van der Waals surface area contributed by atoms with Crippen molar-refractivity contribution >= 4 is 21.6 Å². The number of nitrogens with one attached hydrogen (secondary N) is 1. The highest BCUT2D eigenvalue weighted by Crippen LogP contribution is 2.24. The summed E-state index contributed by atoms with van der Waals surface area (Å²) in [5, 5.41) is 2.74. The molecule has 0 fully saturated rings. The quantitative estimate of drug-likeness (QED) is 0.498. The molecule has 3 rings (SSSR count). The molecule has 0 radical (unpaired) electrons. The molecular weight excluding hydrogens is 424 g/mol. The number of carbonyl (C=O) groups is 1. The lowest BCUT2D eigenvalue weighted by molar-refractivity contribution is -0.119. The molecule has 0 unspecified atom stereocenters. The maximum atomic E-state index is 13.3. The molecule has 3 aromatic rings. The minimum absolute atomic E-state index is 0.138. The average molecular weight is 453 g/mol. The van der Waals surface area contributed by atoms with E-state index in [1.54, 1.807) is 36.4 Å². The fraction of sp³-hybridized carbons (Fsp3) is 0.240. The highest BCUT2D eigenvalue weighted by molar-refractivity contribution is 7.92. The lowest BCUT2D eigenvalue weighted by atomic mass is 10.2. The first kappa shape index (κ1) is 23.3. The first-order valence-electron chi connectivity index (χ1n) is 10.4. The SMILES string of the molecule is Cc1ccc(N(CC(=O)NCCOc2cccc(C)c2)S(=O)(=O)c2ccc(C)cc2)cc1. The van der Waals surface area contributed by atoms with Crippen molar-refractivity contribution in [3.05, 3.63) is 89.5 Å². The summed E-state index contributed by atoms with van der Waals surface area (Å²) in [5.41, 5.74) is 3.47. The third-order valence-electron chi connectivity index (χ3n) is 4.90. The summed E-state index contributed by atoms with van der Waals surface area (Å²) in [6, 6.07) is 21.3. The maximum Gasteiger partial charge on any atom is 0.264 e. The lowest BCUT2D eigenvalue weighted by Crippen LogP contribution is -2.41. The summed E-state index contributed by atoms with van der Waals surface area (Å²) in [6.07, 6.45) is 0. The van der Waals surface area contributed by atoms with Gasteiger partial charge in [-0.05, 0) is 62.7 Å². The average Bonchev–Trinajstić information content (AvgIpc) is 2.76. The number of rotatable bonds is 9. The Bertz CT molecular complexity index is 1160. The minimum Gasteiger partial charge on any atom is -0.492 e. The molecule has 6 nitrogen and oxygen atoms in total. The van der Waals surface area contributed by atoms with Crippen molar-refractivity contribution in [2.24, 2.45) is 0 Å². The summed E-state index contributed by atoms with van der Waals surface area (Å²) < 4.78 is 33.4. The second kappa shape index (κ2) is 10.3. The summed E-state index contributed by atoms with van der Waals surface area (Å²) in [4.78, 5) is 12.8. The lowest BCUT2D eigenvalue weighted by Gasteiger charge is -2.24. The number of carbonyl (C=O) groups excluding carboxylic acids is 1. The van der Waals surface area contributed by atoms with E-state index < -0.39 is 15.9 Å². The minimum atomic E-state index is -3.92. The Morgan fingerprint density at radius 2 is 1.50 bits per heavy atom. The molecule has 0 atom stereocenters. The smallest absolute Gasteiger partial charge is 0.264 e. The number of hydrogen-bond donors (Lipinski definition) is 1. The first-order chi connectivity index (χ1) is 15.3. The number of ether oxygens (including phenoxy) is 1. The Morgan fingerprint density at radius 3 is 2.12 bits per heavy atom. The van der Waals surface area contributed by atoms with Crippen molar-refractivity contribution in [1.29, 1.82) is 0 Å². The van der Waals surface area contributed by atoms with Crippen LogP contribution >= 0.6 is 0 Å². The topological polar surface area (TPSA) is 75.7 Å². The van der Waals surface area contributed by atoms with Gasteiger partial charge in [-0.2, -0.15) is 0 Å². The van der Waals surface area contributed by atoms with Gasteiger partial charge in [-0.15, -0.1) is 0 Å². The summed E-state index contributed by atoms with van der Waals surface area (Å²) in [7, 11) is -3.92. The standard InChI is InChI=1S/C25H28N2O4S/c1-19-7-11-22(12-8-19)27(32(29,30)24-13-9-20(2)10-14-24)18-25(28)26-15-16-31-23-6-4-5-21(3)17-23/h4-14,17H,15-16,18H2,1-3H3,(H,26,28). The molecular formula is C25H28N2O4S. The Kier molecular flexibility index (Phi) is 7.53. The van der Waals surface area contributed by atoms with Crippen LogP contribution in [0.4, 0.5) is 5.69 Å². The van der Waals surface area contributed by atoms with E-state index in [1.807, 2.05) is 57.2 Å². The molecule has 0 heterocycles. The van der Waals surface area contributed by atoms with Crippen LogP contribution < -0.4 is 14.4 Å². The van der Waals surface area contributed by atoms with Crippen LogP contribution in [0.2, 0.25) is 0 Å². The molecule has 32 heavy (non-hydrogen) atoms. The van der Waals surface area contributed by atoms with Crippen LogP contribution in [0.25, 0.3) is 0 Å².